The van der Waals surface area contributed by atoms with Gasteiger partial charge < -0.3 is 23.7 Å². The Labute approximate surface area is 161 Å². The molecule has 1 aliphatic heterocycles. The van der Waals surface area contributed by atoms with Gasteiger partial charge in [0, 0.05) is 19.2 Å². The molecule has 1 aliphatic rings. The lowest BCUT2D eigenvalue weighted by Gasteiger charge is -2.36. The van der Waals surface area contributed by atoms with E-state index in [1.54, 1.807) is 50.8 Å². The van der Waals surface area contributed by atoms with E-state index in [-0.39, 0.29) is 18.4 Å². The SMILES string of the molecule is COc1ccc(OC)c(NC(=O)CN2CC(c3nc(-c4ccco4)no3)C2)c1. The van der Waals surface area contributed by atoms with E-state index in [1.165, 1.54) is 0 Å². The molecule has 1 N–H and O–H groups in total. The second-order valence-corrected chi connectivity index (χ2v) is 6.44. The molecule has 1 aromatic carbocycles. The highest BCUT2D eigenvalue weighted by Gasteiger charge is 2.34. The van der Waals surface area contributed by atoms with E-state index in [2.05, 4.69) is 15.5 Å². The smallest absolute Gasteiger partial charge is 0.238 e. The predicted octanol–water partition coefficient (Wildman–Crippen LogP) is 2.38. The largest absolute Gasteiger partial charge is 0.497 e. The van der Waals surface area contributed by atoms with E-state index in [1.807, 2.05) is 4.90 Å². The average Bonchev–Trinajstić information content (AvgIpc) is 3.35. The minimum Gasteiger partial charge on any atom is -0.497 e. The Bertz CT molecular complexity index is 947. The number of carbonyl (C=O) groups excluding carboxylic acids is 1. The number of nitrogens with zero attached hydrogens (tertiary/aromatic N) is 3. The number of hydrogen-bond acceptors (Lipinski definition) is 8. The zero-order chi connectivity index (χ0) is 19.5. The lowest BCUT2D eigenvalue weighted by atomic mass is 10.0. The van der Waals surface area contributed by atoms with Crippen molar-refractivity contribution in [2.45, 2.75) is 5.92 Å². The Morgan fingerprint density at radius 2 is 2.14 bits per heavy atom. The van der Waals surface area contributed by atoms with E-state index in [0.29, 0.717) is 47.8 Å². The molecular formula is C19H20N4O5. The van der Waals surface area contributed by atoms with E-state index in [0.717, 1.165) is 0 Å². The van der Waals surface area contributed by atoms with Crippen molar-refractivity contribution >= 4 is 11.6 Å². The molecule has 0 unspecified atom stereocenters. The first-order valence-corrected chi connectivity index (χ1v) is 8.78. The van der Waals surface area contributed by atoms with Gasteiger partial charge in [-0.1, -0.05) is 5.16 Å². The number of anilines is 1. The fraction of sp³-hybridized carbons (Fsp3) is 0.316. The van der Waals surface area contributed by atoms with Gasteiger partial charge in [0.1, 0.15) is 11.5 Å². The third kappa shape index (κ3) is 3.70. The van der Waals surface area contributed by atoms with Gasteiger partial charge >= 0.3 is 0 Å². The summed E-state index contributed by atoms with van der Waals surface area (Å²) < 4.78 is 21.1. The van der Waals surface area contributed by atoms with Crippen LogP contribution in [0.3, 0.4) is 0 Å². The van der Waals surface area contributed by atoms with Crippen molar-refractivity contribution in [1.29, 1.82) is 0 Å². The Morgan fingerprint density at radius 3 is 2.86 bits per heavy atom. The van der Waals surface area contributed by atoms with E-state index in [9.17, 15) is 4.79 Å². The van der Waals surface area contributed by atoms with Crippen LogP contribution in [0.15, 0.2) is 45.5 Å². The summed E-state index contributed by atoms with van der Waals surface area (Å²) in [5.41, 5.74) is 0.573. The monoisotopic (exact) mass is 384 g/mol. The maximum Gasteiger partial charge on any atom is 0.238 e. The van der Waals surface area contributed by atoms with Gasteiger partial charge in [0.15, 0.2) is 5.76 Å². The molecule has 28 heavy (non-hydrogen) atoms. The molecule has 9 nitrogen and oxygen atoms in total. The quantitative estimate of drug-likeness (QED) is 0.662. The van der Waals surface area contributed by atoms with Crippen molar-refractivity contribution in [1.82, 2.24) is 15.0 Å². The van der Waals surface area contributed by atoms with Crippen LogP contribution < -0.4 is 14.8 Å². The fourth-order valence-electron chi connectivity index (χ4n) is 3.07. The van der Waals surface area contributed by atoms with Crippen molar-refractivity contribution in [3.8, 4) is 23.1 Å². The lowest BCUT2D eigenvalue weighted by molar-refractivity contribution is -0.118. The molecule has 0 atom stereocenters. The Balaban J connectivity index is 1.31. The van der Waals surface area contributed by atoms with Gasteiger partial charge in [0.2, 0.25) is 17.6 Å². The molecular weight excluding hydrogens is 364 g/mol. The molecule has 0 saturated carbocycles. The second-order valence-electron chi connectivity index (χ2n) is 6.44. The number of furan rings is 1. The second kappa shape index (κ2) is 7.73. The van der Waals surface area contributed by atoms with Crippen LogP contribution in [0.4, 0.5) is 5.69 Å². The van der Waals surface area contributed by atoms with Gasteiger partial charge in [0.25, 0.3) is 0 Å². The first-order valence-electron chi connectivity index (χ1n) is 8.78. The van der Waals surface area contributed by atoms with E-state index >= 15 is 0 Å². The number of nitrogens with one attached hydrogen (secondary N) is 1. The van der Waals surface area contributed by atoms with Crippen LogP contribution in [0.25, 0.3) is 11.6 Å². The Morgan fingerprint density at radius 1 is 1.29 bits per heavy atom. The highest BCUT2D eigenvalue weighted by molar-refractivity contribution is 5.94. The molecule has 9 heteroatoms. The molecule has 4 rings (SSSR count). The number of aromatic nitrogens is 2. The van der Waals surface area contributed by atoms with E-state index in [4.69, 9.17) is 18.4 Å². The predicted molar refractivity (Wildman–Crippen MR) is 99.4 cm³/mol. The number of hydrogen-bond donors (Lipinski definition) is 1. The maximum absolute atomic E-state index is 12.4. The van der Waals surface area contributed by atoms with Crippen molar-refractivity contribution in [2.75, 3.05) is 39.2 Å². The third-order valence-corrected chi connectivity index (χ3v) is 4.54. The highest BCUT2D eigenvalue weighted by Crippen LogP contribution is 2.30. The summed E-state index contributed by atoms with van der Waals surface area (Å²) in [5, 5.41) is 6.80. The first kappa shape index (κ1) is 18.1. The minimum atomic E-state index is -0.133. The molecule has 1 saturated heterocycles. The van der Waals surface area contributed by atoms with Crippen molar-refractivity contribution in [3.63, 3.8) is 0 Å². The maximum atomic E-state index is 12.4. The van der Waals surface area contributed by atoms with Gasteiger partial charge in [-0.2, -0.15) is 4.98 Å². The molecule has 0 aliphatic carbocycles. The van der Waals surface area contributed by atoms with Crippen LogP contribution in [0.5, 0.6) is 11.5 Å². The summed E-state index contributed by atoms with van der Waals surface area (Å²) >= 11 is 0. The summed E-state index contributed by atoms with van der Waals surface area (Å²) in [5.74, 6) is 2.75. The zero-order valence-electron chi connectivity index (χ0n) is 15.5. The molecule has 146 valence electrons. The van der Waals surface area contributed by atoms with Crippen molar-refractivity contribution in [2.24, 2.45) is 0 Å². The highest BCUT2D eigenvalue weighted by atomic mass is 16.5. The van der Waals surface area contributed by atoms with Crippen LogP contribution >= 0.6 is 0 Å². The number of ether oxygens (including phenoxy) is 2. The number of methoxy groups -OCH3 is 2. The summed E-state index contributed by atoms with van der Waals surface area (Å²) in [4.78, 5) is 18.7. The van der Waals surface area contributed by atoms with Crippen LogP contribution in [-0.4, -0.2) is 54.8 Å². The standard InChI is InChI=1S/C19H20N4O5/c1-25-13-5-6-15(26-2)14(8-13)20-17(24)11-23-9-12(10-23)19-21-18(22-28-19)16-4-3-7-27-16/h3-8,12H,9-11H2,1-2H3,(H,20,24). The van der Waals surface area contributed by atoms with Crippen LogP contribution in [-0.2, 0) is 4.79 Å². The van der Waals surface area contributed by atoms with Gasteiger partial charge in [-0.05, 0) is 24.3 Å². The van der Waals surface area contributed by atoms with Crippen LogP contribution in [0.2, 0.25) is 0 Å². The van der Waals surface area contributed by atoms with E-state index < -0.39 is 0 Å². The topological polar surface area (TPSA) is 103 Å². The molecule has 1 fully saturated rings. The van der Waals surface area contributed by atoms with Crippen LogP contribution in [0, 0.1) is 0 Å². The van der Waals surface area contributed by atoms with Crippen LogP contribution in [0.1, 0.15) is 11.8 Å². The summed E-state index contributed by atoms with van der Waals surface area (Å²) in [7, 11) is 3.13. The Kier molecular flexibility index (Phi) is 4.98. The molecule has 0 radical (unpaired) electrons. The van der Waals surface area contributed by atoms with Crippen molar-refractivity contribution in [3.05, 3.63) is 42.5 Å². The zero-order valence-corrected chi connectivity index (χ0v) is 15.5. The summed E-state index contributed by atoms with van der Waals surface area (Å²) in [6.07, 6.45) is 1.56. The molecule has 0 bridgehead atoms. The number of rotatable bonds is 7. The van der Waals surface area contributed by atoms with Gasteiger partial charge in [0.05, 0.1) is 38.6 Å². The Hall–Kier alpha value is -3.33. The average molecular weight is 384 g/mol. The summed E-state index contributed by atoms with van der Waals surface area (Å²) in [6, 6.07) is 8.80. The minimum absolute atomic E-state index is 0.107. The fourth-order valence-corrected chi connectivity index (χ4v) is 3.07. The number of benzene rings is 1. The van der Waals surface area contributed by atoms with Gasteiger partial charge in [-0.15, -0.1) is 0 Å². The van der Waals surface area contributed by atoms with Gasteiger partial charge in [-0.3, -0.25) is 9.69 Å². The summed E-state index contributed by atoms with van der Waals surface area (Å²) in [6.45, 7) is 1.60. The van der Waals surface area contributed by atoms with Gasteiger partial charge in [-0.25, -0.2) is 0 Å². The number of amides is 1. The molecule has 0 spiro atoms. The molecule has 2 aromatic heterocycles. The number of carbonyl (C=O) groups is 1. The number of likely N-dealkylation sites (tertiary alicyclic amines) is 1. The molecule has 1 amide bonds. The first-order chi connectivity index (χ1) is 13.7. The third-order valence-electron chi connectivity index (χ3n) is 4.54. The molecule has 3 aromatic rings. The normalized spacial score (nSPS) is 14.5. The van der Waals surface area contributed by atoms with Crippen molar-refractivity contribution < 1.29 is 23.2 Å². The lowest BCUT2D eigenvalue weighted by Crippen LogP contribution is -2.48. The molecule has 3 heterocycles.